The van der Waals surface area contributed by atoms with Gasteiger partial charge in [0.25, 0.3) is 5.91 Å². The SMILES string of the molecule is Cc1c(Cc2ccccc2)sc(NC(=S)NC(=O)C=Cc2ccccc2)c1C(N)=O. The molecule has 30 heavy (non-hydrogen) atoms. The number of carbonyl (C=O) groups is 2. The van der Waals surface area contributed by atoms with Gasteiger partial charge in [-0.1, -0.05) is 60.7 Å². The number of benzene rings is 2. The van der Waals surface area contributed by atoms with Gasteiger partial charge in [-0.3, -0.25) is 14.9 Å². The molecule has 0 aliphatic carbocycles. The Morgan fingerprint density at radius 1 is 1.07 bits per heavy atom. The Morgan fingerprint density at radius 3 is 2.33 bits per heavy atom. The molecule has 3 aromatic rings. The zero-order valence-electron chi connectivity index (χ0n) is 16.3. The molecule has 0 fully saturated rings. The highest BCUT2D eigenvalue weighted by atomic mass is 32.1. The van der Waals surface area contributed by atoms with E-state index in [-0.39, 0.29) is 11.0 Å². The fourth-order valence-electron chi connectivity index (χ4n) is 2.92. The Bertz CT molecular complexity index is 1090. The number of hydrogen-bond acceptors (Lipinski definition) is 4. The van der Waals surface area contributed by atoms with Crippen LogP contribution in [0.1, 0.15) is 31.9 Å². The van der Waals surface area contributed by atoms with Crippen molar-refractivity contribution >= 4 is 51.6 Å². The molecule has 0 saturated heterocycles. The molecule has 0 atom stereocenters. The summed E-state index contributed by atoms with van der Waals surface area (Å²) in [5.41, 5.74) is 8.84. The first-order valence-corrected chi connectivity index (χ1v) is 10.5. The van der Waals surface area contributed by atoms with Gasteiger partial charge in [0.05, 0.1) is 5.56 Å². The van der Waals surface area contributed by atoms with E-state index in [2.05, 4.69) is 10.6 Å². The largest absolute Gasteiger partial charge is 0.365 e. The van der Waals surface area contributed by atoms with Crippen LogP contribution in [-0.4, -0.2) is 16.9 Å². The van der Waals surface area contributed by atoms with Crippen LogP contribution in [0, 0.1) is 6.92 Å². The maximum absolute atomic E-state index is 12.1. The first-order valence-electron chi connectivity index (χ1n) is 9.25. The molecular formula is C23H21N3O2S2. The van der Waals surface area contributed by atoms with Crippen LogP contribution in [0.25, 0.3) is 6.08 Å². The molecule has 4 N–H and O–H groups in total. The van der Waals surface area contributed by atoms with Crippen molar-refractivity contribution in [3.63, 3.8) is 0 Å². The quantitative estimate of drug-likeness (QED) is 0.399. The molecule has 7 heteroatoms. The molecule has 0 unspecified atom stereocenters. The molecule has 0 radical (unpaired) electrons. The second-order valence-electron chi connectivity index (χ2n) is 6.57. The molecule has 3 rings (SSSR count). The summed E-state index contributed by atoms with van der Waals surface area (Å²) < 4.78 is 0. The maximum atomic E-state index is 12.1. The van der Waals surface area contributed by atoms with Crippen LogP contribution in [0.4, 0.5) is 5.00 Å². The molecule has 0 aliphatic rings. The number of thiocarbonyl (C=S) groups is 1. The van der Waals surface area contributed by atoms with Crippen LogP contribution in [0.2, 0.25) is 0 Å². The molecule has 2 amide bonds. The summed E-state index contributed by atoms with van der Waals surface area (Å²) in [7, 11) is 0. The zero-order valence-corrected chi connectivity index (χ0v) is 18.0. The first kappa shape index (κ1) is 21.4. The normalized spacial score (nSPS) is 10.7. The van der Waals surface area contributed by atoms with Crippen LogP contribution in [0.3, 0.4) is 0 Å². The standard InChI is InChI=1S/C23H21N3O2S2/c1-15-18(14-17-10-6-3-7-11-17)30-22(20(15)21(24)28)26-23(29)25-19(27)13-12-16-8-4-2-5-9-16/h2-13H,14H2,1H3,(H2,24,28)(H2,25,26,27,29). The van der Waals surface area contributed by atoms with Gasteiger partial charge in [-0.25, -0.2) is 0 Å². The number of hydrogen-bond donors (Lipinski definition) is 3. The molecule has 5 nitrogen and oxygen atoms in total. The molecule has 1 heterocycles. The highest BCUT2D eigenvalue weighted by Crippen LogP contribution is 2.34. The van der Waals surface area contributed by atoms with Gasteiger partial charge in [-0.05, 0) is 41.9 Å². The Morgan fingerprint density at radius 2 is 1.70 bits per heavy atom. The minimum Gasteiger partial charge on any atom is -0.365 e. The highest BCUT2D eigenvalue weighted by Gasteiger charge is 2.20. The van der Waals surface area contributed by atoms with Crippen LogP contribution in [0.15, 0.2) is 66.7 Å². The van der Waals surface area contributed by atoms with Gasteiger partial charge in [0, 0.05) is 17.4 Å². The van der Waals surface area contributed by atoms with Gasteiger partial charge in [-0.2, -0.15) is 0 Å². The fraction of sp³-hybridized carbons (Fsp3) is 0.0870. The maximum Gasteiger partial charge on any atom is 0.251 e. The Balaban J connectivity index is 1.71. The van der Waals surface area contributed by atoms with Crippen LogP contribution in [0.5, 0.6) is 0 Å². The van der Waals surface area contributed by atoms with E-state index in [1.165, 1.54) is 17.4 Å². The molecule has 0 saturated carbocycles. The summed E-state index contributed by atoms with van der Waals surface area (Å²) in [5, 5.41) is 6.18. The molecular weight excluding hydrogens is 414 g/mol. The molecule has 0 aliphatic heterocycles. The molecule has 152 valence electrons. The number of carbonyl (C=O) groups excluding carboxylic acids is 2. The lowest BCUT2D eigenvalue weighted by Crippen LogP contribution is -2.33. The molecule has 0 bridgehead atoms. The van der Waals surface area contributed by atoms with E-state index < -0.39 is 5.91 Å². The predicted molar refractivity (Wildman–Crippen MR) is 127 cm³/mol. The van der Waals surface area contributed by atoms with Gasteiger partial charge >= 0.3 is 0 Å². The third-order valence-electron chi connectivity index (χ3n) is 4.39. The summed E-state index contributed by atoms with van der Waals surface area (Å²) in [6.45, 7) is 1.87. The minimum absolute atomic E-state index is 0.104. The van der Waals surface area contributed by atoms with Crippen molar-refractivity contribution in [3.05, 3.63) is 93.9 Å². The van der Waals surface area contributed by atoms with E-state index >= 15 is 0 Å². The summed E-state index contributed by atoms with van der Waals surface area (Å²) in [4.78, 5) is 25.2. The molecule has 0 spiro atoms. The van der Waals surface area contributed by atoms with Crippen molar-refractivity contribution in [3.8, 4) is 0 Å². The van der Waals surface area contributed by atoms with Crippen LogP contribution < -0.4 is 16.4 Å². The number of anilines is 1. The van der Waals surface area contributed by atoms with E-state index in [9.17, 15) is 9.59 Å². The van der Waals surface area contributed by atoms with E-state index in [1.807, 2.05) is 67.6 Å². The number of amides is 2. The first-order chi connectivity index (χ1) is 14.4. The van der Waals surface area contributed by atoms with Crippen molar-refractivity contribution in [1.82, 2.24) is 5.32 Å². The van der Waals surface area contributed by atoms with Gasteiger partial charge in [0.2, 0.25) is 5.91 Å². The van der Waals surface area contributed by atoms with Crippen molar-refractivity contribution in [2.75, 3.05) is 5.32 Å². The lowest BCUT2D eigenvalue weighted by atomic mass is 10.1. The Hall–Kier alpha value is -3.29. The second-order valence-corrected chi connectivity index (χ2v) is 8.08. The van der Waals surface area contributed by atoms with E-state index in [0.717, 1.165) is 21.6 Å². The van der Waals surface area contributed by atoms with Gasteiger partial charge < -0.3 is 11.1 Å². The average Bonchev–Trinajstić information content (AvgIpc) is 3.02. The second kappa shape index (κ2) is 9.96. The fourth-order valence-corrected chi connectivity index (χ4v) is 4.44. The summed E-state index contributed by atoms with van der Waals surface area (Å²) in [5.74, 6) is -0.904. The summed E-state index contributed by atoms with van der Waals surface area (Å²) in [6.07, 6.45) is 3.77. The number of primary amides is 1. The topological polar surface area (TPSA) is 84.2 Å². The van der Waals surface area contributed by atoms with E-state index in [0.29, 0.717) is 17.0 Å². The Kier molecular flexibility index (Phi) is 7.11. The third-order valence-corrected chi connectivity index (χ3v) is 5.80. The smallest absolute Gasteiger partial charge is 0.251 e. The lowest BCUT2D eigenvalue weighted by Gasteiger charge is -2.07. The highest BCUT2D eigenvalue weighted by molar-refractivity contribution is 7.80. The van der Waals surface area contributed by atoms with Crippen LogP contribution in [-0.2, 0) is 11.2 Å². The van der Waals surface area contributed by atoms with Crippen molar-refractivity contribution in [1.29, 1.82) is 0 Å². The monoisotopic (exact) mass is 435 g/mol. The zero-order chi connectivity index (χ0) is 21.5. The number of nitrogens with two attached hydrogens (primary N) is 1. The number of nitrogens with one attached hydrogen (secondary N) is 2. The van der Waals surface area contributed by atoms with Crippen molar-refractivity contribution < 1.29 is 9.59 Å². The molecule has 2 aromatic carbocycles. The number of rotatable bonds is 6. The van der Waals surface area contributed by atoms with Gasteiger partial charge in [0.1, 0.15) is 5.00 Å². The van der Waals surface area contributed by atoms with E-state index in [1.54, 1.807) is 6.08 Å². The van der Waals surface area contributed by atoms with Crippen LogP contribution >= 0.6 is 23.6 Å². The van der Waals surface area contributed by atoms with Gasteiger partial charge in [-0.15, -0.1) is 11.3 Å². The third kappa shape index (κ3) is 5.62. The minimum atomic E-state index is -0.538. The average molecular weight is 436 g/mol. The predicted octanol–water partition coefficient (Wildman–Crippen LogP) is 4.27. The lowest BCUT2D eigenvalue weighted by molar-refractivity contribution is -0.115. The molecule has 1 aromatic heterocycles. The van der Waals surface area contributed by atoms with E-state index in [4.69, 9.17) is 18.0 Å². The Labute approximate surface area is 184 Å². The van der Waals surface area contributed by atoms with Crippen molar-refractivity contribution in [2.24, 2.45) is 5.73 Å². The number of thiophene rings is 1. The summed E-state index contributed by atoms with van der Waals surface area (Å²) >= 11 is 6.66. The van der Waals surface area contributed by atoms with Crippen molar-refractivity contribution in [2.45, 2.75) is 13.3 Å². The summed E-state index contributed by atoms with van der Waals surface area (Å²) in [6, 6.07) is 19.4. The van der Waals surface area contributed by atoms with Gasteiger partial charge in [0.15, 0.2) is 5.11 Å².